The minimum Gasteiger partial charge on any atom is -0.495 e. The van der Waals surface area contributed by atoms with Gasteiger partial charge in [0.05, 0.1) is 30.2 Å². The highest BCUT2D eigenvalue weighted by molar-refractivity contribution is 7.89. The lowest BCUT2D eigenvalue weighted by Crippen LogP contribution is -2.32. The van der Waals surface area contributed by atoms with Crippen molar-refractivity contribution in [3.8, 4) is 11.5 Å². The monoisotopic (exact) mass is 493 g/mol. The summed E-state index contributed by atoms with van der Waals surface area (Å²) in [5.74, 6) is 0.816. The van der Waals surface area contributed by atoms with Crippen LogP contribution >= 0.6 is 11.6 Å². The standard InChI is InChI=1S/C24H25ClFNO5S/c1-30-24-9-7-20(13-21(24)25)33(28,29)27-10-11-32-23-8-6-17(12-19(23)14-27)15-31-16-18-4-2-3-5-22(18)26/h3,5-9,12-13H,2,4,10-11,14-16H2,1H3. The average molecular weight is 494 g/mol. The molecule has 33 heavy (non-hydrogen) atoms. The van der Waals surface area contributed by atoms with Crippen molar-refractivity contribution in [3.05, 3.63) is 76.1 Å². The lowest BCUT2D eigenvalue weighted by Gasteiger charge is -2.20. The number of methoxy groups -OCH3 is 1. The van der Waals surface area contributed by atoms with E-state index in [0.29, 0.717) is 23.5 Å². The Hall–Kier alpha value is -2.39. The highest BCUT2D eigenvalue weighted by atomic mass is 35.5. The zero-order chi connectivity index (χ0) is 23.4. The maximum absolute atomic E-state index is 13.8. The largest absolute Gasteiger partial charge is 0.495 e. The molecule has 0 unspecified atom stereocenters. The molecule has 1 aliphatic carbocycles. The van der Waals surface area contributed by atoms with Crippen molar-refractivity contribution >= 4 is 21.6 Å². The molecule has 0 radical (unpaired) electrons. The molecule has 9 heteroatoms. The van der Waals surface area contributed by atoms with Gasteiger partial charge in [-0.25, -0.2) is 12.8 Å². The Morgan fingerprint density at radius 2 is 2.03 bits per heavy atom. The Morgan fingerprint density at radius 1 is 1.18 bits per heavy atom. The first-order chi connectivity index (χ1) is 15.9. The van der Waals surface area contributed by atoms with Crippen LogP contribution in [0.1, 0.15) is 24.0 Å². The van der Waals surface area contributed by atoms with E-state index in [0.717, 1.165) is 17.5 Å². The lowest BCUT2D eigenvalue weighted by molar-refractivity contribution is 0.139. The third-order valence-electron chi connectivity index (χ3n) is 5.59. The Bertz CT molecular complexity index is 1200. The summed E-state index contributed by atoms with van der Waals surface area (Å²) < 4.78 is 58.3. The molecule has 0 saturated heterocycles. The molecule has 1 aliphatic heterocycles. The van der Waals surface area contributed by atoms with Crippen molar-refractivity contribution in [1.29, 1.82) is 0 Å². The zero-order valence-electron chi connectivity index (χ0n) is 18.2. The molecular formula is C24H25ClFNO5S. The number of hydrogen-bond acceptors (Lipinski definition) is 5. The summed E-state index contributed by atoms with van der Waals surface area (Å²) in [4.78, 5) is 0.0908. The highest BCUT2D eigenvalue weighted by Gasteiger charge is 2.28. The Labute approximate surface area is 198 Å². The molecule has 0 aromatic heterocycles. The molecule has 0 amide bonds. The summed E-state index contributed by atoms with van der Waals surface area (Å²) in [6, 6.07) is 9.96. The molecule has 176 valence electrons. The topological polar surface area (TPSA) is 65.1 Å². The van der Waals surface area contributed by atoms with Crippen molar-refractivity contribution in [2.45, 2.75) is 30.9 Å². The van der Waals surface area contributed by atoms with Gasteiger partial charge in [0.1, 0.15) is 23.9 Å². The fraction of sp³-hybridized carbons (Fsp3) is 0.333. The van der Waals surface area contributed by atoms with Crippen molar-refractivity contribution in [2.75, 3.05) is 26.9 Å². The smallest absolute Gasteiger partial charge is 0.243 e. The molecule has 2 aliphatic rings. The molecule has 1 heterocycles. The first kappa shape index (κ1) is 23.8. The van der Waals surface area contributed by atoms with Crippen LogP contribution in [0.15, 0.2) is 64.8 Å². The number of sulfonamides is 1. The molecule has 0 saturated carbocycles. The van der Waals surface area contributed by atoms with Crippen molar-refractivity contribution < 1.29 is 27.0 Å². The molecule has 0 spiro atoms. The normalized spacial score (nSPS) is 16.8. The van der Waals surface area contributed by atoms with Crippen LogP contribution in [0, 0.1) is 0 Å². The van der Waals surface area contributed by atoms with E-state index in [4.69, 9.17) is 25.8 Å². The fourth-order valence-corrected chi connectivity index (χ4v) is 5.54. The number of halogens is 2. The summed E-state index contributed by atoms with van der Waals surface area (Å²) in [6.07, 6.45) is 4.76. The van der Waals surface area contributed by atoms with E-state index >= 15 is 0 Å². The number of rotatable bonds is 7. The van der Waals surface area contributed by atoms with Crippen molar-refractivity contribution in [2.24, 2.45) is 0 Å². The molecule has 2 aromatic carbocycles. The summed E-state index contributed by atoms with van der Waals surface area (Å²) in [5, 5.41) is 0.226. The van der Waals surface area contributed by atoms with Crippen LogP contribution in [0.4, 0.5) is 4.39 Å². The summed E-state index contributed by atoms with van der Waals surface area (Å²) in [7, 11) is -2.33. The zero-order valence-corrected chi connectivity index (χ0v) is 19.8. The second-order valence-corrected chi connectivity index (χ2v) is 10.2. The van der Waals surface area contributed by atoms with Crippen LogP contribution in [-0.4, -0.2) is 39.6 Å². The van der Waals surface area contributed by atoms with Crippen LogP contribution in [0.5, 0.6) is 11.5 Å². The van der Waals surface area contributed by atoms with Crippen LogP contribution in [0.3, 0.4) is 0 Å². The third-order valence-corrected chi connectivity index (χ3v) is 7.73. The molecule has 0 N–H and O–H groups in total. The highest BCUT2D eigenvalue weighted by Crippen LogP contribution is 2.31. The Morgan fingerprint density at radius 3 is 2.79 bits per heavy atom. The van der Waals surface area contributed by atoms with Crippen LogP contribution in [0.2, 0.25) is 5.02 Å². The molecule has 0 atom stereocenters. The number of ether oxygens (including phenoxy) is 3. The van der Waals surface area contributed by atoms with Gasteiger partial charge in [0, 0.05) is 18.7 Å². The molecule has 4 rings (SSSR count). The fourth-order valence-electron chi connectivity index (χ4n) is 3.79. The first-order valence-corrected chi connectivity index (χ1v) is 12.4. The Kier molecular flexibility index (Phi) is 7.38. The maximum Gasteiger partial charge on any atom is 0.243 e. The first-order valence-electron chi connectivity index (χ1n) is 10.6. The van der Waals surface area contributed by atoms with E-state index in [2.05, 4.69) is 0 Å². The van der Waals surface area contributed by atoms with E-state index in [1.807, 2.05) is 24.3 Å². The number of fused-ring (bicyclic) bond motifs is 1. The van der Waals surface area contributed by atoms with Gasteiger partial charge in [0.15, 0.2) is 0 Å². The quantitative estimate of drug-likeness (QED) is 0.541. The Balaban J connectivity index is 1.49. The van der Waals surface area contributed by atoms with Gasteiger partial charge in [0.25, 0.3) is 0 Å². The lowest BCUT2D eigenvalue weighted by atomic mass is 10.1. The number of benzene rings is 2. The van der Waals surface area contributed by atoms with Crippen molar-refractivity contribution in [1.82, 2.24) is 4.31 Å². The van der Waals surface area contributed by atoms with E-state index < -0.39 is 10.0 Å². The maximum atomic E-state index is 13.8. The molecular weight excluding hydrogens is 469 g/mol. The second-order valence-electron chi connectivity index (χ2n) is 7.81. The number of nitrogens with zero attached hydrogens (tertiary/aromatic N) is 1. The molecule has 6 nitrogen and oxygen atoms in total. The van der Waals surface area contributed by atoms with Crippen LogP contribution < -0.4 is 9.47 Å². The third kappa shape index (κ3) is 5.41. The number of allylic oxidation sites excluding steroid dienone is 3. The average Bonchev–Trinajstić information content (AvgIpc) is 3.03. The molecule has 2 aromatic rings. The summed E-state index contributed by atoms with van der Waals surface area (Å²) in [5.41, 5.74) is 2.25. The number of hydrogen-bond donors (Lipinski definition) is 0. The van der Waals surface area contributed by atoms with Gasteiger partial charge in [-0.05, 0) is 60.4 Å². The second kappa shape index (κ2) is 10.3. The predicted molar refractivity (Wildman–Crippen MR) is 124 cm³/mol. The summed E-state index contributed by atoms with van der Waals surface area (Å²) in [6.45, 7) is 1.09. The van der Waals surface area contributed by atoms with Gasteiger partial charge in [-0.3, -0.25) is 0 Å². The summed E-state index contributed by atoms with van der Waals surface area (Å²) >= 11 is 6.15. The van der Waals surface area contributed by atoms with E-state index in [-0.39, 0.29) is 48.7 Å². The van der Waals surface area contributed by atoms with Crippen LogP contribution in [-0.2, 0) is 27.9 Å². The van der Waals surface area contributed by atoms with E-state index in [1.54, 1.807) is 0 Å². The van der Waals surface area contributed by atoms with Gasteiger partial charge in [-0.15, -0.1) is 0 Å². The van der Waals surface area contributed by atoms with Gasteiger partial charge >= 0.3 is 0 Å². The van der Waals surface area contributed by atoms with E-state index in [9.17, 15) is 12.8 Å². The van der Waals surface area contributed by atoms with E-state index in [1.165, 1.54) is 35.7 Å². The van der Waals surface area contributed by atoms with Crippen LogP contribution in [0.25, 0.3) is 0 Å². The predicted octanol–water partition coefficient (Wildman–Crippen LogP) is 5.02. The SMILES string of the molecule is COc1ccc(S(=O)(=O)N2CCOc3ccc(COCC4=C(F)C=CCC4)cc3C2)cc1Cl. The van der Waals surface area contributed by atoms with Gasteiger partial charge < -0.3 is 14.2 Å². The van der Waals surface area contributed by atoms with Gasteiger partial charge in [-0.2, -0.15) is 4.31 Å². The van der Waals surface area contributed by atoms with Crippen molar-refractivity contribution in [3.63, 3.8) is 0 Å². The van der Waals surface area contributed by atoms with Gasteiger partial charge in [-0.1, -0.05) is 23.7 Å². The minimum absolute atomic E-state index is 0.0908. The van der Waals surface area contributed by atoms with Gasteiger partial charge in [0.2, 0.25) is 10.0 Å². The molecule has 0 bridgehead atoms. The molecule has 0 fully saturated rings. The minimum atomic E-state index is -3.80.